The molecule has 1 aromatic carbocycles. The van der Waals surface area contributed by atoms with Crippen LogP contribution in [0.1, 0.15) is 27.2 Å². The first-order valence-electron chi connectivity index (χ1n) is 6.15. The van der Waals surface area contributed by atoms with Crippen LogP contribution in [0.5, 0.6) is 5.75 Å². The maximum atomic E-state index is 11.8. The Balaban J connectivity index is 2.68. The second-order valence-corrected chi connectivity index (χ2v) is 4.76. The number of nitrogens with one attached hydrogen (secondary N) is 1. The fourth-order valence-corrected chi connectivity index (χ4v) is 1.24. The molecule has 5 heteroatoms. The van der Waals surface area contributed by atoms with Crippen LogP contribution >= 0.6 is 0 Å². The summed E-state index contributed by atoms with van der Waals surface area (Å²) in [4.78, 5) is 22.8. The Morgan fingerprint density at radius 1 is 1.26 bits per heavy atom. The minimum atomic E-state index is -1.46. The van der Waals surface area contributed by atoms with Gasteiger partial charge in [0.05, 0.1) is 6.61 Å². The molecular weight excluding hydrogens is 246 g/mol. The summed E-state index contributed by atoms with van der Waals surface area (Å²) >= 11 is 0. The van der Waals surface area contributed by atoms with Gasteiger partial charge in [0.1, 0.15) is 11.2 Å². The number of carbonyl (C=O) groups is 2. The van der Waals surface area contributed by atoms with E-state index < -0.39 is 17.3 Å². The van der Waals surface area contributed by atoms with E-state index in [1.165, 1.54) is 13.8 Å². The number of anilines is 1. The van der Waals surface area contributed by atoms with Crippen LogP contribution in [0.4, 0.5) is 5.69 Å². The Morgan fingerprint density at radius 3 is 2.32 bits per heavy atom. The summed E-state index contributed by atoms with van der Waals surface area (Å²) in [5.74, 6) is -0.993. The number of carbonyl (C=O) groups excluding carboxylic acids is 1. The highest BCUT2D eigenvalue weighted by molar-refractivity contribution is 6.07. The number of amides is 1. The topological polar surface area (TPSA) is 75.6 Å². The molecule has 0 atom stereocenters. The summed E-state index contributed by atoms with van der Waals surface area (Å²) in [6.07, 6.45) is 0.922. The molecule has 0 unspecified atom stereocenters. The zero-order valence-corrected chi connectivity index (χ0v) is 11.4. The first kappa shape index (κ1) is 15.0. The summed E-state index contributed by atoms with van der Waals surface area (Å²) in [5, 5.41) is 11.5. The van der Waals surface area contributed by atoms with Gasteiger partial charge in [0.2, 0.25) is 5.91 Å². The molecular formula is C14H19NO4. The van der Waals surface area contributed by atoms with E-state index in [2.05, 4.69) is 5.32 Å². The highest BCUT2D eigenvalue weighted by Gasteiger charge is 2.35. The summed E-state index contributed by atoms with van der Waals surface area (Å²) in [5.41, 5.74) is -0.916. The Morgan fingerprint density at radius 2 is 1.84 bits per heavy atom. The number of benzene rings is 1. The molecule has 0 radical (unpaired) electrons. The van der Waals surface area contributed by atoms with Crippen molar-refractivity contribution in [2.45, 2.75) is 27.2 Å². The van der Waals surface area contributed by atoms with Gasteiger partial charge >= 0.3 is 5.97 Å². The Kier molecular flexibility index (Phi) is 4.92. The van der Waals surface area contributed by atoms with Gasteiger partial charge < -0.3 is 15.2 Å². The predicted octanol–water partition coefficient (Wildman–Crippen LogP) is 2.52. The molecule has 2 N–H and O–H groups in total. The number of rotatable bonds is 6. The predicted molar refractivity (Wildman–Crippen MR) is 72.3 cm³/mol. The van der Waals surface area contributed by atoms with Crippen molar-refractivity contribution in [1.82, 2.24) is 0 Å². The standard InChI is InChI=1S/C14H19NO4/c1-4-9-19-11-7-5-10(6-8-11)15-12(16)14(2,3)13(17)18/h5-8H,4,9H2,1-3H3,(H,15,16)(H,17,18). The third-order valence-corrected chi connectivity index (χ3v) is 2.69. The van der Waals surface area contributed by atoms with E-state index in [4.69, 9.17) is 9.84 Å². The second-order valence-electron chi connectivity index (χ2n) is 4.76. The molecule has 0 aliphatic carbocycles. The van der Waals surface area contributed by atoms with Crippen LogP contribution in [-0.2, 0) is 9.59 Å². The Labute approximate surface area is 112 Å². The molecule has 0 spiro atoms. The van der Waals surface area contributed by atoms with E-state index >= 15 is 0 Å². The third-order valence-electron chi connectivity index (χ3n) is 2.69. The molecule has 104 valence electrons. The molecule has 0 aliphatic rings. The van der Waals surface area contributed by atoms with Crippen molar-refractivity contribution >= 4 is 17.6 Å². The van der Waals surface area contributed by atoms with Gasteiger partial charge in [-0.05, 0) is 44.5 Å². The van der Waals surface area contributed by atoms with Crippen molar-refractivity contribution < 1.29 is 19.4 Å². The summed E-state index contributed by atoms with van der Waals surface area (Å²) in [6.45, 7) is 5.38. The third kappa shape index (κ3) is 3.98. The lowest BCUT2D eigenvalue weighted by Crippen LogP contribution is -2.37. The lowest BCUT2D eigenvalue weighted by molar-refractivity contribution is -0.151. The highest BCUT2D eigenvalue weighted by atomic mass is 16.5. The zero-order chi connectivity index (χ0) is 14.5. The van der Waals surface area contributed by atoms with Gasteiger partial charge in [0.15, 0.2) is 0 Å². The molecule has 5 nitrogen and oxygen atoms in total. The van der Waals surface area contributed by atoms with Gasteiger partial charge in [0, 0.05) is 5.69 Å². The quantitative estimate of drug-likeness (QED) is 0.775. The maximum absolute atomic E-state index is 11.8. The lowest BCUT2D eigenvalue weighted by atomic mass is 9.92. The van der Waals surface area contributed by atoms with Gasteiger partial charge in [0.25, 0.3) is 0 Å². The molecule has 0 bridgehead atoms. The van der Waals surface area contributed by atoms with Crippen molar-refractivity contribution in [3.8, 4) is 5.75 Å². The summed E-state index contributed by atoms with van der Waals surface area (Å²) < 4.78 is 5.41. The van der Waals surface area contributed by atoms with Gasteiger partial charge in [-0.25, -0.2) is 0 Å². The van der Waals surface area contributed by atoms with Crippen LogP contribution in [0.25, 0.3) is 0 Å². The molecule has 1 rings (SSSR count). The first-order valence-corrected chi connectivity index (χ1v) is 6.15. The second kappa shape index (κ2) is 6.22. The van der Waals surface area contributed by atoms with Gasteiger partial charge in [-0.1, -0.05) is 6.92 Å². The van der Waals surface area contributed by atoms with E-state index in [-0.39, 0.29) is 0 Å². The molecule has 1 amide bonds. The zero-order valence-electron chi connectivity index (χ0n) is 11.4. The molecule has 19 heavy (non-hydrogen) atoms. The molecule has 0 heterocycles. The Bertz CT molecular complexity index is 451. The van der Waals surface area contributed by atoms with Crippen LogP contribution in [0.3, 0.4) is 0 Å². The Hall–Kier alpha value is -2.04. The van der Waals surface area contributed by atoms with Crippen molar-refractivity contribution in [3.63, 3.8) is 0 Å². The van der Waals surface area contributed by atoms with Crippen molar-refractivity contribution in [2.75, 3.05) is 11.9 Å². The maximum Gasteiger partial charge on any atom is 0.318 e. The molecule has 0 saturated heterocycles. The fraction of sp³-hybridized carbons (Fsp3) is 0.429. The minimum absolute atomic E-state index is 0.545. The van der Waals surface area contributed by atoms with E-state index in [1.807, 2.05) is 6.92 Å². The van der Waals surface area contributed by atoms with Gasteiger partial charge in [-0.3, -0.25) is 9.59 Å². The van der Waals surface area contributed by atoms with Gasteiger partial charge in [-0.2, -0.15) is 0 Å². The van der Waals surface area contributed by atoms with Crippen LogP contribution in [0.15, 0.2) is 24.3 Å². The largest absolute Gasteiger partial charge is 0.494 e. The number of ether oxygens (including phenoxy) is 1. The highest BCUT2D eigenvalue weighted by Crippen LogP contribution is 2.21. The van der Waals surface area contributed by atoms with Crippen molar-refractivity contribution in [1.29, 1.82) is 0 Å². The van der Waals surface area contributed by atoms with E-state index in [9.17, 15) is 9.59 Å². The van der Waals surface area contributed by atoms with Crippen molar-refractivity contribution in [2.24, 2.45) is 5.41 Å². The van der Waals surface area contributed by atoms with Crippen LogP contribution in [0, 0.1) is 5.41 Å². The average molecular weight is 265 g/mol. The number of hydrogen-bond donors (Lipinski definition) is 2. The average Bonchev–Trinajstić information content (AvgIpc) is 2.37. The van der Waals surface area contributed by atoms with Crippen LogP contribution in [0.2, 0.25) is 0 Å². The molecule has 1 aromatic rings. The van der Waals surface area contributed by atoms with E-state index in [1.54, 1.807) is 24.3 Å². The number of carboxylic acids is 1. The first-order chi connectivity index (χ1) is 8.87. The monoisotopic (exact) mass is 265 g/mol. The van der Waals surface area contributed by atoms with Crippen LogP contribution < -0.4 is 10.1 Å². The van der Waals surface area contributed by atoms with Crippen LogP contribution in [-0.4, -0.2) is 23.6 Å². The van der Waals surface area contributed by atoms with E-state index in [0.29, 0.717) is 12.3 Å². The smallest absolute Gasteiger partial charge is 0.318 e. The SMILES string of the molecule is CCCOc1ccc(NC(=O)C(C)(C)C(=O)O)cc1. The lowest BCUT2D eigenvalue weighted by Gasteiger charge is -2.18. The number of aliphatic carboxylic acids is 1. The van der Waals surface area contributed by atoms with Crippen molar-refractivity contribution in [3.05, 3.63) is 24.3 Å². The minimum Gasteiger partial charge on any atom is -0.494 e. The summed E-state index contributed by atoms with van der Waals surface area (Å²) in [6, 6.07) is 6.83. The summed E-state index contributed by atoms with van der Waals surface area (Å²) in [7, 11) is 0. The number of hydrogen-bond acceptors (Lipinski definition) is 3. The molecule has 0 aliphatic heterocycles. The van der Waals surface area contributed by atoms with Gasteiger partial charge in [-0.15, -0.1) is 0 Å². The van der Waals surface area contributed by atoms with E-state index in [0.717, 1.165) is 12.2 Å². The fourth-order valence-electron chi connectivity index (χ4n) is 1.24. The normalized spacial score (nSPS) is 10.9. The molecule has 0 aromatic heterocycles. The number of carboxylic acid groups (broad SMARTS) is 1. The molecule has 0 fully saturated rings. The molecule has 0 saturated carbocycles.